The Labute approximate surface area is 151 Å². The van der Waals surface area contributed by atoms with Crippen molar-refractivity contribution in [1.82, 2.24) is 0 Å². The van der Waals surface area contributed by atoms with Gasteiger partial charge in [0.2, 0.25) is 0 Å². The van der Waals surface area contributed by atoms with E-state index in [1.165, 1.54) is 0 Å². The van der Waals surface area contributed by atoms with Gasteiger partial charge in [-0.05, 0) is 0 Å². The third kappa shape index (κ3) is 16.2. The summed E-state index contributed by atoms with van der Waals surface area (Å²) in [4.78, 5) is 0. The van der Waals surface area contributed by atoms with Gasteiger partial charge in [-0.25, -0.2) is 0 Å². The summed E-state index contributed by atoms with van der Waals surface area (Å²) >= 11 is 0. The van der Waals surface area contributed by atoms with Crippen LogP contribution in [0.2, 0.25) is 0 Å². The number of rotatable bonds is 4. The van der Waals surface area contributed by atoms with Crippen molar-refractivity contribution in [3.05, 3.63) is 0 Å². The van der Waals surface area contributed by atoms with Crippen molar-refractivity contribution in [2.24, 2.45) is 0 Å². The molecular weight excluding hydrogens is 336 g/mol. The van der Waals surface area contributed by atoms with Crippen molar-refractivity contribution in [3.63, 3.8) is 0 Å². The van der Waals surface area contributed by atoms with Gasteiger partial charge in [0.1, 0.15) is 0 Å². The van der Waals surface area contributed by atoms with E-state index in [9.17, 15) is 25.3 Å². The van der Waals surface area contributed by atoms with Gasteiger partial charge >= 0.3 is 107 Å². The van der Waals surface area contributed by atoms with Crippen LogP contribution in [-0.4, -0.2) is 110 Å². The van der Waals surface area contributed by atoms with E-state index in [0.29, 0.717) is 0 Å². The van der Waals surface area contributed by atoms with Gasteiger partial charge in [-0.3, -0.25) is 9.11 Å². The van der Waals surface area contributed by atoms with Crippen LogP contribution in [0.5, 0.6) is 0 Å². The van der Waals surface area contributed by atoms with E-state index < -0.39 is 31.2 Å². The molecule has 15 heavy (non-hydrogen) atoms. The zero-order chi connectivity index (χ0) is 10.9. The van der Waals surface area contributed by atoms with Crippen molar-refractivity contribution >= 4 is 107 Å². The Hall–Kier alpha value is 2.21. The Balaban J connectivity index is -0.0000000480. The number of hydrogen-bond donors (Lipinski definition) is 2. The van der Waals surface area contributed by atoms with Crippen molar-refractivity contribution in [1.29, 1.82) is 0 Å². The van der Waals surface area contributed by atoms with Crippen molar-refractivity contribution in [3.8, 4) is 0 Å². The van der Waals surface area contributed by atoms with Gasteiger partial charge in [0.15, 0.2) is 0 Å². The molecule has 10 nitrogen and oxygen atoms in total. The molecule has 0 rings (SSSR count). The molecule has 0 aliphatic carbocycles. The molecule has 0 radical (unpaired) electrons. The summed E-state index contributed by atoms with van der Waals surface area (Å²) in [6.45, 7) is 0. The number of hydrogen-bond acceptors (Lipinski definition) is 8. The first-order valence-electron chi connectivity index (χ1n) is 2.03. The summed E-state index contributed by atoms with van der Waals surface area (Å²) in [6, 6.07) is 0. The van der Waals surface area contributed by atoms with E-state index in [2.05, 4.69) is 7.26 Å². The third-order valence-electron chi connectivity index (χ3n) is 0.339. The van der Waals surface area contributed by atoms with Gasteiger partial charge in [-0.2, -0.15) is 25.3 Å². The Kier molecular flexibility index (Phi) is 11.3. The van der Waals surface area contributed by atoms with E-state index in [4.69, 9.17) is 9.11 Å². The first-order chi connectivity index (χ1) is 5.41. The second kappa shape index (κ2) is 7.60. The first kappa shape index (κ1) is 22.4. The van der Waals surface area contributed by atoms with Crippen molar-refractivity contribution in [2.45, 2.75) is 0 Å². The van der Waals surface area contributed by atoms with E-state index in [1.54, 1.807) is 0 Å². The van der Waals surface area contributed by atoms with Gasteiger partial charge in [0.25, 0.3) is 0 Å². The topological polar surface area (TPSA) is 161 Å². The Morgan fingerprint density at radius 3 is 1.07 bits per heavy atom. The Morgan fingerprint density at radius 1 is 0.733 bits per heavy atom. The summed E-state index contributed by atoms with van der Waals surface area (Å²) < 4.78 is 80.2. The molecule has 0 atom stereocenters. The van der Waals surface area contributed by atoms with Gasteiger partial charge in [0.05, 0.1) is 0 Å². The molecule has 0 saturated carbocycles. The zero-order valence-corrected chi connectivity index (χ0v) is 13.7. The SMILES string of the molecule is O=S(=O)(O)OS(=O)(=O)OS(=O)(=O)O.[Ca+2].[Ca+2].[H-].[H-].[H-].[H-]. The molecule has 0 bridgehead atoms. The fourth-order valence-corrected chi connectivity index (χ4v) is 2.20. The predicted molar refractivity (Wildman–Crippen MR) is 50.1 cm³/mol. The van der Waals surface area contributed by atoms with Crippen LogP contribution < -0.4 is 0 Å². The van der Waals surface area contributed by atoms with E-state index in [0.717, 1.165) is 0 Å². The van der Waals surface area contributed by atoms with Gasteiger partial charge < -0.3 is 5.71 Å². The molecule has 15 heteroatoms. The summed E-state index contributed by atoms with van der Waals surface area (Å²) in [5, 5.41) is 0. The summed E-state index contributed by atoms with van der Waals surface area (Å²) in [5.74, 6) is 0. The molecule has 0 heterocycles. The molecule has 0 amide bonds. The fourth-order valence-electron chi connectivity index (χ4n) is 0.222. The molecule has 0 saturated heterocycles. The molecule has 0 aromatic heterocycles. The monoisotopic (exact) mass is 342 g/mol. The zero-order valence-electron chi connectivity index (χ0n) is 10.8. The summed E-state index contributed by atoms with van der Waals surface area (Å²) in [5.41, 5.74) is 0. The van der Waals surface area contributed by atoms with Crippen LogP contribution in [0.4, 0.5) is 0 Å². The maximum absolute atomic E-state index is 10.1. The molecular formula is H6Ca2O10S3. The average molecular weight is 342 g/mol. The normalized spacial score (nSPS) is 12.4. The van der Waals surface area contributed by atoms with E-state index in [-0.39, 0.29) is 81.2 Å². The second-order valence-corrected chi connectivity index (χ2v) is 5.02. The van der Waals surface area contributed by atoms with Gasteiger partial charge in [0, 0.05) is 0 Å². The van der Waals surface area contributed by atoms with Crippen LogP contribution in [0.15, 0.2) is 0 Å². The smallest absolute Gasteiger partial charge is 1.00 e. The standard InChI is InChI=1S/2Ca.H2O10S3.4H/c;;1-11(2,3)9-13(7,8)10-12(4,5)6;;;;/h;;(H,1,2,3)(H,4,5,6);;;;/q2*+2;;4*-1. The molecule has 0 fully saturated rings. The van der Waals surface area contributed by atoms with Crippen LogP contribution in [0.3, 0.4) is 0 Å². The molecule has 0 aromatic rings. The average Bonchev–Trinajstić information content (AvgIpc) is 1.43. The first-order valence-corrected chi connectivity index (χ1v) is 6.10. The Bertz CT molecular complexity index is 437. The van der Waals surface area contributed by atoms with E-state index in [1.807, 2.05) is 0 Å². The minimum absolute atomic E-state index is 0. The van der Waals surface area contributed by atoms with Gasteiger partial charge in [-0.1, -0.05) is 7.26 Å². The van der Waals surface area contributed by atoms with Crippen LogP contribution in [0.25, 0.3) is 0 Å². The van der Waals surface area contributed by atoms with Crippen molar-refractivity contribution < 1.29 is 47.3 Å². The van der Waals surface area contributed by atoms with Crippen LogP contribution >= 0.6 is 0 Å². The minimum atomic E-state index is -5.57. The Morgan fingerprint density at radius 2 is 0.933 bits per heavy atom. The maximum Gasteiger partial charge on any atom is 2.00 e. The molecule has 2 N–H and O–H groups in total. The predicted octanol–water partition coefficient (Wildman–Crippen LogP) is -2.44. The van der Waals surface area contributed by atoms with E-state index >= 15 is 0 Å². The molecule has 88 valence electrons. The van der Waals surface area contributed by atoms with Crippen LogP contribution in [0.1, 0.15) is 5.71 Å². The quantitative estimate of drug-likeness (QED) is 0.414. The summed E-state index contributed by atoms with van der Waals surface area (Å²) in [6.07, 6.45) is 0. The maximum atomic E-state index is 10.1. The molecule has 0 spiro atoms. The molecule has 0 aromatic carbocycles. The van der Waals surface area contributed by atoms with Gasteiger partial charge in [-0.15, -0.1) is 0 Å². The largest absolute Gasteiger partial charge is 2.00 e. The second-order valence-electron chi connectivity index (χ2n) is 1.40. The van der Waals surface area contributed by atoms with Crippen LogP contribution in [0, 0.1) is 0 Å². The molecule has 0 aliphatic heterocycles. The third-order valence-corrected chi connectivity index (χ3v) is 3.05. The molecule has 0 unspecified atom stereocenters. The van der Waals surface area contributed by atoms with Crippen LogP contribution in [-0.2, 0) is 38.5 Å². The summed E-state index contributed by atoms with van der Waals surface area (Å²) in [7, 11) is -16.5. The fraction of sp³-hybridized carbons (Fsp3) is 0. The minimum Gasteiger partial charge on any atom is -1.00 e. The van der Waals surface area contributed by atoms with Crippen molar-refractivity contribution in [2.75, 3.05) is 0 Å². The molecule has 0 aliphatic rings.